The van der Waals surface area contributed by atoms with Crippen molar-refractivity contribution in [1.82, 2.24) is 10.2 Å². The number of nitrogens with one attached hydrogen (secondary N) is 1. The van der Waals surface area contributed by atoms with Gasteiger partial charge in [0.15, 0.2) is 6.10 Å². The summed E-state index contributed by atoms with van der Waals surface area (Å²) in [5.41, 5.74) is 1.12. The van der Waals surface area contributed by atoms with Crippen LogP contribution in [0.5, 0.6) is 5.75 Å². The lowest BCUT2D eigenvalue weighted by molar-refractivity contribution is -0.122. The molecule has 0 spiro atoms. The van der Waals surface area contributed by atoms with Crippen LogP contribution in [0.15, 0.2) is 22.7 Å². The highest BCUT2D eigenvalue weighted by Gasteiger charge is 2.28. The number of aromatic nitrogens is 2. The minimum absolute atomic E-state index is 0.231. The van der Waals surface area contributed by atoms with Crippen LogP contribution in [0.1, 0.15) is 36.3 Å². The van der Waals surface area contributed by atoms with Crippen molar-refractivity contribution in [2.45, 2.75) is 38.7 Å². The Morgan fingerprint density at radius 2 is 2.23 bits per heavy atom. The second-order valence-electron chi connectivity index (χ2n) is 5.40. The molecular weight excluding hydrogens is 366 g/mol. The third kappa shape index (κ3) is 3.64. The summed E-state index contributed by atoms with van der Waals surface area (Å²) >= 11 is 4.88. The lowest BCUT2D eigenvalue weighted by Crippen LogP contribution is -2.30. The van der Waals surface area contributed by atoms with Gasteiger partial charge in [0.1, 0.15) is 10.8 Å². The van der Waals surface area contributed by atoms with Gasteiger partial charge in [0.25, 0.3) is 5.91 Å². The standard InChI is InChI=1S/C15H16BrN3O2S/c1-8-3-6-12(11(16)7-8)21-9(2)13(20)17-15-19-18-14(22-15)10-4-5-10/h3,6-7,9-10H,4-5H2,1-2H3,(H,17,19,20). The summed E-state index contributed by atoms with van der Waals surface area (Å²) in [5.74, 6) is 0.954. The third-order valence-electron chi connectivity index (χ3n) is 3.36. The van der Waals surface area contributed by atoms with E-state index >= 15 is 0 Å². The molecule has 0 aliphatic heterocycles. The summed E-state index contributed by atoms with van der Waals surface area (Å²) in [6.07, 6.45) is 1.72. The molecule has 0 bridgehead atoms. The van der Waals surface area contributed by atoms with Crippen LogP contribution >= 0.6 is 27.3 Å². The minimum Gasteiger partial charge on any atom is -0.480 e. The van der Waals surface area contributed by atoms with Gasteiger partial charge < -0.3 is 4.74 Å². The molecule has 1 atom stereocenters. The van der Waals surface area contributed by atoms with E-state index in [1.54, 1.807) is 6.92 Å². The van der Waals surface area contributed by atoms with Gasteiger partial charge in [-0.1, -0.05) is 17.4 Å². The smallest absolute Gasteiger partial charge is 0.266 e. The van der Waals surface area contributed by atoms with Gasteiger partial charge in [-0.3, -0.25) is 10.1 Å². The van der Waals surface area contributed by atoms with Gasteiger partial charge in [-0.15, -0.1) is 10.2 Å². The number of carbonyl (C=O) groups excluding carboxylic acids is 1. The number of anilines is 1. The van der Waals surface area contributed by atoms with Gasteiger partial charge in [-0.05, 0) is 60.3 Å². The van der Waals surface area contributed by atoms with Crippen molar-refractivity contribution in [3.63, 3.8) is 0 Å². The first-order chi connectivity index (χ1) is 10.5. The van der Waals surface area contributed by atoms with Gasteiger partial charge in [-0.2, -0.15) is 0 Å². The largest absolute Gasteiger partial charge is 0.480 e. The predicted molar refractivity (Wildman–Crippen MR) is 89.5 cm³/mol. The van der Waals surface area contributed by atoms with Gasteiger partial charge in [0, 0.05) is 5.92 Å². The van der Waals surface area contributed by atoms with Crippen molar-refractivity contribution in [1.29, 1.82) is 0 Å². The van der Waals surface area contributed by atoms with E-state index < -0.39 is 6.10 Å². The van der Waals surface area contributed by atoms with E-state index in [1.807, 2.05) is 25.1 Å². The lowest BCUT2D eigenvalue weighted by Gasteiger charge is -2.15. The highest BCUT2D eigenvalue weighted by atomic mass is 79.9. The maximum Gasteiger partial charge on any atom is 0.266 e. The van der Waals surface area contributed by atoms with Crippen LogP contribution in [0, 0.1) is 6.92 Å². The fourth-order valence-corrected chi connectivity index (χ4v) is 3.43. The van der Waals surface area contributed by atoms with E-state index in [2.05, 4.69) is 31.4 Å². The molecule has 1 aromatic carbocycles. The Kier molecular flexibility index (Phi) is 4.44. The van der Waals surface area contributed by atoms with Crippen molar-refractivity contribution in [2.24, 2.45) is 0 Å². The zero-order chi connectivity index (χ0) is 15.7. The molecule has 2 aromatic rings. The van der Waals surface area contributed by atoms with Gasteiger partial charge in [0.05, 0.1) is 4.47 Å². The van der Waals surface area contributed by atoms with Crippen LogP contribution in [-0.4, -0.2) is 22.2 Å². The molecule has 1 fully saturated rings. The molecule has 5 nitrogen and oxygen atoms in total. The molecule has 0 radical (unpaired) electrons. The summed E-state index contributed by atoms with van der Waals surface area (Å²) in [6, 6.07) is 5.74. The van der Waals surface area contributed by atoms with Crippen LogP contribution in [-0.2, 0) is 4.79 Å². The van der Waals surface area contributed by atoms with Crippen molar-refractivity contribution in [3.8, 4) is 5.75 Å². The lowest BCUT2D eigenvalue weighted by atomic mass is 10.2. The number of carbonyl (C=O) groups is 1. The number of ether oxygens (including phenoxy) is 1. The first-order valence-electron chi connectivity index (χ1n) is 7.10. The number of hydrogen-bond donors (Lipinski definition) is 1. The van der Waals surface area contributed by atoms with Crippen LogP contribution in [0.2, 0.25) is 0 Å². The molecule has 1 N–H and O–H groups in total. The highest BCUT2D eigenvalue weighted by molar-refractivity contribution is 9.10. The molecule has 116 valence electrons. The molecule has 1 amide bonds. The first kappa shape index (κ1) is 15.4. The Morgan fingerprint density at radius 3 is 2.91 bits per heavy atom. The summed E-state index contributed by atoms with van der Waals surface area (Å²) in [5, 5.41) is 12.4. The second-order valence-corrected chi connectivity index (χ2v) is 7.27. The summed E-state index contributed by atoms with van der Waals surface area (Å²) < 4.78 is 6.53. The van der Waals surface area contributed by atoms with E-state index in [0.717, 1.165) is 15.0 Å². The second kappa shape index (κ2) is 6.34. The maximum absolute atomic E-state index is 12.2. The third-order valence-corrected chi connectivity index (χ3v) is 4.98. The quantitative estimate of drug-likeness (QED) is 0.852. The average molecular weight is 382 g/mol. The Bertz CT molecular complexity index is 700. The van der Waals surface area contributed by atoms with Gasteiger partial charge >= 0.3 is 0 Å². The molecule has 1 heterocycles. The molecule has 0 saturated heterocycles. The van der Waals surface area contributed by atoms with Crippen LogP contribution in [0.25, 0.3) is 0 Å². The number of hydrogen-bond acceptors (Lipinski definition) is 5. The number of amides is 1. The van der Waals surface area contributed by atoms with Crippen molar-refractivity contribution in [3.05, 3.63) is 33.2 Å². The molecule has 1 aliphatic carbocycles. The Balaban J connectivity index is 1.60. The molecule has 1 saturated carbocycles. The summed E-state index contributed by atoms with van der Waals surface area (Å²) in [7, 11) is 0. The Labute approximate surface area is 141 Å². The summed E-state index contributed by atoms with van der Waals surface area (Å²) in [4.78, 5) is 12.2. The molecule has 1 aliphatic rings. The van der Waals surface area contributed by atoms with E-state index in [1.165, 1.54) is 24.2 Å². The normalized spacial score (nSPS) is 15.4. The van der Waals surface area contributed by atoms with Gasteiger partial charge in [-0.25, -0.2) is 0 Å². The number of benzene rings is 1. The van der Waals surface area contributed by atoms with Crippen LogP contribution < -0.4 is 10.1 Å². The number of rotatable bonds is 5. The monoisotopic (exact) mass is 381 g/mol. The number of nitrogens with zero attached hydrogens (tertiary/aromatic N) is 2. The van der Waals surface area contributed by atoms with Crippen LogP contribution in [0.4, 0.5) is 5.13 Å². The van der Waals surface area contributed by atoms with E-state index in [-0.39, 0.29) is 5.91 Å². The van der Waals surface area contributed by atoms with E-state index in [0.29, 0.717) is 16.8 Å². The zero-order valence-corrected chi connectivity index (χ0v) is 14.7. The SMILES string of the molecule is Cc1ccc(OC(C)C(=O)Nc2nnc(C3CC3)s2)c(Br)c1. The summed E-state index contributed by atoms with van der Waals surface area (Å²) in [6.45, 7) is 3.71. The Morgan fingerprint density at radius 1 is 1.45 bits per heavy atom. The molecule has 1 unspecified atom stereocenters. The van der Waals surface area contributed by atoms with Gasteiger partial charge in [0.2, 0.25) is 5.13 Å². The average Bonchev–Trinajstić information content (AvgIpc) is 3.22. The van der Waals surface area contributed by atoms with Crippen molar-refractivity contribution < 1.29 is 9.53 Å². The fourth-order valence-electron chi connectivity index (χ4n) is 1.93. The molecule has 22 heavy (non-hydrogen) atoms. The fraction of sp³-hybridized carbons (Fsp3) is 0.400. The van der Waals surface area contributed by atoms with E-state index in [4.69, 9.17) is 4.74 Å². The maximum atomic E-state index is 12.2. The highest BCUT2D eigenvalue weighted by Crippen LogP contribution is 2.42. The van der Waals surface area contributed by atoms with Crippen LogP contribution in [0.3, 0.4) is 0 Å². The first-order valence-corrected chi connectivity index (χ1v) is 8.71. The molecule has 1 aromatic heterocycles. The zero-order valence-electron chi connectivity index (χ0n) is 12.3. The van der Waals surface area contributed by atoms with E-state index in [9.17, 15) is 4.79 Å². The molecule has 3 rings (SSSR count). The minimum atomic E-state index is -0.618. The molecular formula is C15H16BrN3O2S. The number of aryl methyl sites for hydroxylation is 1. The molecule has 7 heteroatoms. The predicted octanol–water partition coefficient (Wildman–Crippen LogP) is 3.89. The number of halogens is 1. The van der Waals surface area contributed by atoms with Crippen molar-refractivity contribution in [2.75, 3.05) is 5.32 Å². The topological polar surface area (TPSA) is 64.1 Å². The van der Waals surface area contributed by atoms with Crippen molar-refractivity contribution >= 4 is 38.3 Å². The Hall–Kier alpha value is -1.47.